The summed E-state index contributed by atoms with van der Waals surface area (Å²) >= 11 is 0. The predicted octanol–water partition coefficient (Wildman–Crippen LogP) is 14.9. The van der Waals surface area contributed by atoms with Crippen LogP contribution in [0.1, 0.15) is 16.7 Å². The van der Waals surface area contributed by atoms with Gasteiger partial charge in [-0.1, -0.05) is 140 Å². The fraction of sp³-hybridized carbons (Fsp3) is 0. The third-order valence-electron chi connectivity index (χ3n) is 10.9. The van der Waals surface area contributed by atoms with Crippen LogP contribution in [0.2, 0.25) is 0 Å². The second-order valence-corrected chi connectivity index (χ2v) is 14.1. The van der Waals surface area contributed by atoms with Crippen molar-refractivity contribution in [3.05, 3.63) is 211 Å². The minimum atomic E-state index is 0.832. The van der Waals surface area contributed by atoms with Gasteiger partial charge in [-0.25, -0.2) is 0 Å². The molecule has 0 radical (unpaired) electrons. The lowest BCUT2D eigenvalue weighted by molar-refractivity contribution is 0.669. The van der Waals surface area contributed by atoms with Crippen molar-refractivity contribution in [1.82, 2.24) is 0 Å². The molecule has 0 atom stereocenters. The number of nitrogens with zero attached hydrogens (tertiary/aromatic N) is 1. The highest BCUT2D eigenvalue weighted by Gasteiger charge is 2.22. The van der Waals surface area contributed by atoms with Crippen molar-refractivity contribution in [2.45, 2.75) is 0 Å². The molecule has 258 valence electrons. The molecular formula is C52H33NO2. The molecule has 0 amide bonds. The highest BCUT2D eigenvalue weighted by molar-refractivity contribution is 6.16. The van der Waals surface area contributed by atoms with Crippen LogP contribution in [-0.4, -0.2) is 0 Å². The van der Waals surface area contributed by atoms with Gasteiger partial charge in [0.1, 0.15) is 22.3 Å². The number of para-hydroxylation sites is 1. The largest absolute Gasteiger partial charge is 0.456 e. The van der Waals surface area contributed by atoms with E-state index in [1.807, 2.05) is 12.1 Å². The molecule has 11 aromatic rings. The maximum absolute atomic E-state index is 6.66. The predicted molar refractivity (Wildman–Crippen MR) is 231 cm³/mol. The summed E-state index contributed by atoms with van der Waals surface area (Å²) in [7, 11) is 0. The van der Waals surface area contributed by atoms with Crippen LogP contribution in [0.25, 0.3) is 77.1 Å². The second kappa shape index (κ2) is 12.6. The number of hydrogen-bond donors (Lipinski definition) is 0. The molecule has 0 saturated carbocycles. The first-order valence-corrected chi connectivity index (χ1v) is 18.7. The lowest BCUT2D eigenvalue weighted by atomic mass is 9.93. The van der Waals surface area contributed by atoms with Gasteiger partial charge in [0.25, 0.3) is 0 Å². The molecule has 0 unspecified atom stereocenters. The average molecular weight is 704 g/mol. The first kappa shape index (κ1) is 31.2. The Kier molecular flexibility index (Phi) is 7.17. The van der Waals surface area contributed by atoms with Crippen LogP contribution in [0.3, 0.4) is 0 Å². The van der Waals surface area contributed by atoms with Crippen LogP contribution >= 0.6 is 0 Å². The lowest BCUT2D eigenvalue weighted by Crippen LogP contribution is -2.10. The summed E-state index contributed by atoms with van der Waals surface area (Å²) < 4.78 is 13.1. The maximum atomic E-state index is 6.66. The Morgan fingerprint density at radius 3 is 1.87 bits per heavy atom. The molecule has 2 aromatic heterocycles. The normalized spacial score (nSPS) is 12.1. The summed E-state index contributed by atoms with van der Waals surface area (Å²) in [6.07, 6.45) is 2.33. The molecule has 0 aliphatic heterocycles. The van der Waals surface area contributed by atoms with Gasteiger partial charge >= 0.3 is 0 Å². The van der Waals surface area contributed by atoms with Gasteiger partial charge in [-0.3, -0.25) is 0 Å². The maximum Gasteiger partial charge on any atom is 0.137 e. The van der Waals surface area contributed by atoms with Crippen LogP contribution in [0.15, 0.2) is 203 Å². The summed E-state index contributed by atoms with van der Waals surface area (Å²) in [5.41, 5.74) is 11.1. The first-order valence-electron chi connectivity index (χ1n) is 18.7. The number of benzene rings is 9. The Morgan fingerprint density at radius 1 is 0.382 bits per heavy atom. The highest BCUT2D eigenvalue weighted by Crippen LogP contribution is 2.46. The van der Waals surface area contributed by atoms with Crippen LogP contribution in [0.5, 0.6) is 0 Å². The van der Waals surface area contributed by atoms with Gasteiger partial charge in [0.15, 0.2) is 0 Å². The van der Waals surface area contributed by atoms with E-state index in [0.717, 1.165) is 83.0 Å². The van der Waals surface area contributed by atoms with Crippen molar-refractivity contribution < 1.29 is 8.83 Å². The van der Waals surface area contributed by atoms with E-state index in [9.17, 15) is 0 Å². The molecule has 55 heavy (non-hydrogen) atoms. The molecule has 0 saturated heterocycles. The van der Waals surface area contributed by atoms with Gasteiger partial charge in [0.05, 0.1) is 16.8 Å². The molecule has 3 nitrogen and oxygen atoms in total. The van der Waals surface area contributed by atoms with Crippen molar-refractivity contribution in [1.29, 1.82) is 0 Å². The molecule has 0 N–H and O–H groups in total. The number of hydrogen-bond acceptors (Lipinski definition) is 3. The summed E-state index contributed by atoms with van der Waals surface area (Å²) in [5.74, 6) is 0. The first-order chi connectivity index (χ1) is 27.3. The van der Waals surface area contributed by atoms with Crippen molar-refractivity contribution in [3.8, 4) is 0 Å². The van der Waals surface area contributed by atoms with Gasteiger partial charge in [-0.05, 0) is 93.0 Å². The molecule has 0 aliphatic rings. The van der Waals surface area contributed by atoms with E-state index in [1.165, 1.54) is 21.7 Å². The van der Waals surface area contributed by atoms with Crippen molar-refractivity contribution >= 4 is 94.1 Å². The quantitative estimate of drug-likeness (QED) is 0.162. The van der Waals surface area contributed by atoms with E-state index in [2.05, 4.69) is 193 Å². The Labute approximate surface area is 317 Å². The van der Waals surface area contributed by atoms with E-state index in [0.29, 0.717) is 0 Å². The summed E-state index contributed by atoms with van der Waals surface area (Å²) in [6, 6.07) is 68.7. The van der Waals surface area contributed by atoms with Crippen molar-refractivity contribution in [3.63, 3.8) is 0 Å². The Bertz CT molecular complexity index is 3270. The smallest absolute Gasteiger partial charge is 0.137 e. The Hall–Kier alpha value is -7.36. The number of anilines is 3. The Morgan fingerprint density at radius 2 is 1.00 bits per heavy atom. The number of fused-ring (bicyclic) bond motifs is 8. The topological polar surface area (TPSA) is 29.5 Å². The fourth-order valence-corrected chi connectivity index (χ4v) is 8.31. The minimum Gasteiger partial charge on any atom is -0.456 e. The summed E-state index contributed by atoms with van der Waals surface area (Å²) in [6.45, 7) is 0. The van der Waals surface area contributed by atoms with Gasteiger partial charge in [-0.15, -0.1) is 0 Å². The van der Waals surface area contributed by atoms with Gasteiger partial charge in [0.2, 0.25) is 0 Å². The van der Waals surface area contributed by atoms with E-state index in [-0.39, 0.29) is 0 Å². The second-order valence-electron chi connectivity index (χ2n) is 14.1. The van der Waals surface area contributed by atoms with Gasteiger partial charge in [-0.2, -0.15) is 0 Å². The molecule has 0 spiro atoms. The molecule has 0 fully saturated rings. The van der Waals surface area contributed by atoms with Crippen LogP contribution in [-0.2, 0) is 0 Å². The van der Waals surface area contributed by atoms with Crippen LogP contribution in [0, 0.1) is 0 Å². The molecule has 11 rings (SSSR count). The molecule has 0 aliphatic carbocycles. The number of rotatable bonds is 6. The zero-order valence-corrected chi connectivity index (χ0v) is 29.8. The highest BCUT2D eigenvalue weighted by atomic mass is 16.3. The molecule has 3 heteroatoms. The van der Waals surface area contributed by atoms with Gasteiger partial charge in [0, 0.05) is 33.3 Å². The molecule has 0 bridgehead atoms. The molecule has 9 aromatic carbocycles. The Balaban J connectivity index is 1.17. The van der Waals surface area contributed by atoms with Gasteiger partial charge < -0.3 is 13.7 Å². The summed E-state index contributed by atoms with van der Waals surface area (Å²) in [4.78, 5) is 2.36. The zero-order chi connectivity index (χ0) is 36.3. The minimum absolute atomic E-state index is 0.832. The average Bonchev–Trinajstić information content (AvgIpc) is 3.81. The molecule has 2 heterocycles. The fourth-order valence-electron chi connectivity index (χ4n) is 8.31. The number of furan rings is 2. The third-order valence-corrected chi connectivity index (χ3v) is 10.9. The summed E-state index contributed by atoms with van der Waals surface area (Å²) in [5, 5.41) is 9.09. The zero-order valence-electron chi connectivity index (χ0n) is 29.8. The SMILES string of the molecule is C(=C(/c1ccccc1)c1ccc2oc3cccc(N(c4ccc5c(c4)oc4ccccc45)c4cccc5ccccc45)c3c2c1)/c1cccc2ccccc12. The van der Waals surface area contributed by atoms with Crippen molar-refractivity contribution in [2.75, 3.05) is 4.90 Å². The molecular weight excluding hydrogens is 671 g/mol. The van der Waals surface area contributed by atoms with E-state index in [4.69, 9.17) is 8.83 Å². The van der Waals surface area contributed by atoms with Crippen LogP contribution < -0.4 is 4.90 Å². The van der Waals surface area contributed by atoms with E-state index >= 15 is 0 Å². The standard InChI is InChI=1S/C52H33NO2/c1-2-13-36(14-3-1)44(31-37-19-10-17-34-15-4-6-20-40(34)37)38-27-30-49-45(32-38)52-47(24-12-26-50(52)54-49)53(46-23-11-18-35-16-5-7-21-41(35)46)39-28-29-43-42-22-8-9-25-48(42)55-51(43)33-39/h1-33H/b44-31+. The van der Waals surface area contributed by atoms with Crippen LogP contribution in [0.4, 0.5) is 17.1 Å². The monoisotopic (exact) mass is 703 g/mol. The third kappa shape index (κ3) is 5.20. The van der Waals surface area contributed by atoms with E-state index in [1.54, 1.807) is 0 Å². The van der Waals surface area contributed by atoms with E-state index < -0.39 is 0 Å². The lowest BCUT2D eigenvalue weighted by Gasteiger charge is -2.27. The van der Waals surface area contributed by atoms with Crippen molar-refractivity contribution in [2.24, 2.45) is 0 Å².